The molecule has 2 aromatic heterocycles. The second kappa shape index (κ2) is 5.80. The molecule has 6 nitrogen and oxygen atoms in total. The summed E-state index contributed by atoms with van der Waals surface area (Å²) in [5.41, 5.74) is 6.51. The van der Waals surface area contributed by atoms with E-state index in [-0.39, 0.29) is 11.5 Å². The SMILES string of the molecule is CC[C@@H](C)NCC#Cc1cn(C)c2nc(N)[nH]c(=O)c12. The maximum atomic E-state index is 11.9. The highest BCUT2D eigenvalue weighted by molar-refractivity contribution is 5.83. The first-order chi connectivity index (χ1) is 9.52. The molecule has 6 heteroatoms. The third kappa shape index (κ3) is 2.83. The number of aryl methyl sites for hydroxylation is 1. The standard InChI is InChI=1S/C14H19N5O/c1-4-9(2)16-7-5-6-10-8-19(3)12-11(10)13(20)18-14(15)17-12/h8-9,16H,4,7H2,1-3H3,(H3,15,17,18,20)/t9-/m1/s1. The van der Waals surface area contributed by atoms with Gasteiger partial charge in [-0.1, -0.05) is 18.8 Å². The number of nitrogens with one attached hydrogen (secondary N) is 2. The summed E-state index contributed by atoms with van der Waals surface area (Å²) in [6, 6.07) is 0.432. The van der Waals surface area contributed by atoms with E-state index in [0.717, 1.165) is 6.42 Å². The topological polar surface area (TPSA) is 88.7 Å². The van der Waals surface area contributed by atoms with Crippen molar-refractivity contribution in [1.29, 1.82) is 0 Å². The fraction of sp³-hybridized carbons (Fsp3) is 0.429. The van der Waals surface area contributed by atoms with Crippen molar-refractivity contribution >= 4 is 17.0 Å². The minimum atomic E-state index is -0.257. The first-order valence-corrected chi connectivity index (χ1v) is 6.60. The van der Waals surface area contributed by atoms with Crippen LogP contribution < -0.4 is 16.6 Å². The Morgan fingerprint density at radius 3 is 3.05 bits per heavy atom. The summed E-state index contributed by atoms with van der Waals surface area (Å²) < 4.78 is 1.76. The lowest BCUT2D eigenvalue weighted by Gasteiger charge is -2.06. The quantitative estimate of drug-likeness (QED) is 0.714. The van der Waals surface area contributed by atoms with Gasteiger partial charge in [0.25, 0.3) is 5.56 Å². The lowest BCUT2D eigenvalue weighted by molar-refractivity contribution is 0.571. The molecular weight excluding hydrogens is 254 g/mol. The summed E-state index contributed by atoms with van der Waals surface area (Å²) in [5, 5.41) is 3.76. The molecule has 0 bridgehead atoms. The molecule has 106 valence electrons. The molecule has 0 aliphatic rings. The summed E-state index contributed by atoms with van der Waals surface area (Å²) in [4.78, 5) is 18.6. The Bertz CT molecular complexity index is 732. The van der Waals surface area contributed by atoms with Crippen LogP contribution in [0.25, 0.3) is 11.0 Å². The monoisotopic (exact) mass is 273 g/mol. The van der Waals surface area contributed by atoms with Crippen molar-refractivity contribution in [1.82, 2.24) is 19.9 Å². The highest BCUT2D eigenvalue weighted by Crippen LogP contribution is 2.14. The first-order valence-electron chi connectivity index (χ1n) is 6.60. The van der Waals surface area contributed by atoms with E-state index in [2.05, 4.69) is 41.0 Å². The Hall–Kier alpha value is -2.26. The minimum absolute atomic E-state index is 0.113. The van der Waals surface area contributed by atoms with Gasteiger partial charge in [0.05, 0.1) is 17.5 Å². The zero-order valence-electron chi connectivity index (χ0n) is 11.9. The van der Waals surface area contributed by atoms with Crippen molar-refractivity contribution in [2.75, 3.05) is 12.3 Å². The molecule has 0 amide bonds. The predicted molar refractivity (Wildman–Crippen MR) is 80.4 cm³/mol. The van der Waals surface area contributed by atoms with E-state index in [4.69, 9.17) is 5.73 Å². The lowest BCUT2D eigenvalue weighted by Crippen LogP contribution is -2.25. The molecule has 20 heavy (non-hydrogen) atoms. The molecule has 2 aromatic rings. The number of anilines is 1. The number of hydrogen-bond donors (Lipinski definition) is 3. The van der Waals surface area contributed by atoms with Crippen molar-refractivity contribution in [3.8, 4) is 11.8 Å². The van der Waals surface area contributed by atoms with Crippen LogP contribution in [-0.4, -0.2) is 27.1 Å². The van der Waals surface area contributed by atoms with Crippen LogP contribution >= 0.6 is 0 Å². The van der Waals surface area contributed by atoms with E-state index < -0.39 is 0 Å². The van der Waals surface area contributed by atoms with Crippen LogP contribution in [0.2, 0.25) is 0 Å². The zero-order valence-corrected chi connectivity index (χ0v) is 11.9. The van der Waals surface area contributed by atoms with Crippen LogP contribution in [0.15, 0.2) is 11.0 Å². The Labute approximate surface area is 117 Å². The molecule has 0 fully saturated rings. The Morgan fingerprint density at radius 2 is 2.35 bits per heavy atom. The zero-order chi connectivity index (χ0) is 14.7. The third-order valence-electron chi connectivity index (χ3n) is 3.22. The number of aromatic nitrogens is 3. The number of hydrogen-bond acceptors (Lipinski definition) is 4. The fourth-order valence-corrected chi connectivity index (χ4v) is 1.90. The minimum Gasteiger partial charge on any atom is -0.369 e. The predicted octanol–water partition coefficient (Wildman–Crippen LogP) is 0.583. The van der Waals surface area contributed by atoms with Gasteiger partial charge in [-0.3, -0.25) is 9.78 Å². The number of nitrogen functional groups attached to an aromatic ring is 1. The van der Waals surface area contributed by atoms with Gasteiger partial charge in [0.15, 0.2) is 5.65 Å². The first kappa shape index (κ1) is 14.2. The number of aromatic amines is 1. The van der Waals surface area contributed by atoms with Crippen LogP contribution in [-0.2, 0) is 7.05 Å². The van der Waals surface area contributed by atoms with E-state index in [1.165, 1.54) is 0 Å². The maximum absolute atomic E-state index is 11.9. The molecular formula is C14H19N5O. The summed E-state index contributed by atoms with van der Waals surface area (Å²) in [7, 11) is 1.82. The number of fused-ring (bicyclic) bond motifs is 1. The largest absolute Gasteiger partial charge is 0.369 e. The number of nitrogens with two attached hydrogens (primary N) is 1. The molecule has 0 saturated heterocycles. The Balaban J connectivity index is 2.32. The van der Waals surface area contributed by atoms with Gasteiger partial charge in [-0.2, -0.15) is 4.98 Å². The molecule has 0 spiro atoms. The molecule has 0 saturated carbocycles. The highest BCUT2D eigenvalue weighted by atomic mass is 16.1. The summed E-state index contributed by atoms with van der Waals surface area (Å²) >= 11 is 0. The average molecular weight is 273 g/mol. The van der Waals surface area contributed by atoms with E-state index in [9.17, 15) is 4.79 Å². The van der Waals surface area contributed by atoms with Crippen molar-refractivity contribution < 1.29 is 0 Å². The molecule has 0 radical (unpaired) electrons. The van der Waals surface area contributed by atoms with E-state index >= 15 is 0 Å². The van der Waals surface area contributed by atoms with Crippen LogP contribution in [0.4, 0.5) is 5.95 Å². The van der Waals surface area contributed by atoms with Crippen LogP contribution in [0.5, 0.6) is 0 Å². The van der Waals surface area contributed by atoms with Crippen LogP contribution in [0.3, 0.4) is 0 Å². The van der Waals surface area contributed by atoms with Gasteiger partial charge in [0.2, 0.25) is 5.95 Å². The summed E-state index contributed by atoms with van der Waals surface area (Å²) in [6.07, 6.45) is 2.85. The third-order valence-corrected chi connectivity index (χ3v) is 3.22. The van der Waals surface area contributed by atoms with E-state index in [0.29, 0.717) is 29.2 Å². The van der Waals surface area contributed by atoms with Gasteiger partial charge in [-0.25, -0.2) is 0 Å². The van der Waals surface area contributed by atoms with Gasteiger partial charge >= 0.3 is 0 Å². The van der Waals surface area contributed by atoms with Crippen molar-refractivity contribution in [3.63, 3.8) is 0 Å². The molecule has 0 aliphatic heterocycles. The molecule has 2 rings (SSSR count). The van der Waals surface area contributed by atoms with Crippen molar-refractivity contribution in [2.45, 2.75) is 26.3 Å². The number of nitrogens with zero attached hydrogens (tertiary/aromatic N) is 2. The molecule has 1 atom stereocenters. The van der Waals surface area contributed by atoms with Crippen LogP contribution in [0, 0.1) is 11.8 Å². The van der Waals surface area contributed by atoms with Gasteiger partial charge in [-0.05, 0) is 13.3 Å². The van der Waals surface area contributed by atoms with Gasteiger partial charge in [0, 0.05) is 19.3 Å². The molecule has 4 N–H and O–H groups in total. The number of rotatable bonds is 3. The number of H-pyrrole nitrogens is 1. The second-order valence-electron chi connectivity index (χ2n) is 4.80. The Kier molecular flexibility index (Phi) is 4.11. The van der Waals surface area contributed by atoms with Crippen molar-refractivity contribution in [3.05, 3.63) is 22.1 Å². The average Bonchev–Trinajstić information content (AvgIpc) is 2.71. The van der Waals surface area contributed by atoms with E-state index in [1.807, 2.05) is 7.05 Å². The van der Waals surface area contributed by atoms with Crippen molar-refractivity contribution in [2.24, 2.45) is 7.05 Å². The van der Waals surface area contributed by atoms with Gasteiger partial charge in [-0.15, -0.1) is 0 Å². The van der Waals surface area contributed by atoms with Gasteiger partial charge in [0.1, 0.15) is 0 Å². The molecule has 0 aromatic carbocycles. The van der Waals surface area contributed by atoms with E-state index in [1.54, 1.807) is 10.8 Å². The van der Waals surface area contributed by atoms with Gasteiger partial charge < -0.3 is 15.6 Å². The van der Waals surface area contributed by atoms with Crippen LogP contribution in [0.1, 0.15) is 25.8 Å². The Morgan fingerprint density at radius 1 is 1.60 bits per heavy atom. The maximum Gasteiger partial charge on any atom is 0.263 e. The highest BCUT2D eigenvalue weighted by Gasteiger charge is 2.10. The fourth-order valence-electron chi connectivity index (χ4n) is 1.90. The molecule has 2 heterocycles. The summed E-state index contributed by atoms with van der Waals surface area (Å²) in [6.45, 7) is 4.81. The normalized spacial score (nSPS) is 12.2. The summed E-state index contributed by atoms with van der Waals surface area (Å²) in [5.74, 6) is 6.15. The molecule has 0 aliphatic carbocycles. The smallest absolute Gasteiger partial charge is 0.263 e. The lowest BCUT2D eigenvalue weighted by atomic mass is 10.2. The second-order valence-corrected chi connectivity index (χ2v) is 4.80. The molecule has 0 unspecified atom stereocenters.